The molecule has 0 aromatic rings. The Hall–Kier alpha value is -0.610. The molecule has 0 aromatic carbocycles. The Morgan fingerprint density at radius 3 is 2.93 bits per heavy atom. The SMILES string of the molecule is CCCOCC(=O)N1CCC(C)C(N)C1. The van der Waals surface area contributed by atoms with E-state index in [1.807, 2.05) is 11.8 Å². The topological polar surface area (TPSA) is 55.6 Å². The second-order valence-electron chi connectivity index (χ2n) is 4.32. The van der Waals surface area contributed by atoms with Gasteiger partial charge in [-0.25, -0.2) is 0 Å². The second-order valence-corrected chi connectivity index (χ2v) is 4.32. The lowest BCUT2D eigenvalue weighted by atomic mass is 9.94. The van der Waals surface area contributed by atoms with Crippen molar-refractivity contribution in [3.8, 4) is 0 Å². The number of hydrogen-bond acceptors (Lipinski definition) is 3. The number of piperidine rings is 1. The van der Waals surface area contributed by atoms with Crippen LogP contribution in [0.5, 0.6) is 0 Å². The predicted octanol–water partition coefficient (Wildman–Crippen LogP) is 0.609. The molecule has 15 heavy (non-hydrogen) atoms. The van der Waals surface area contributed by atoms with Crippen molar-refractivity contribution < 1.29 is 9.53 Å². The summed E-state index contributed by atoms with van der Waals surface area (Å²) in [5.74, 6) is 0.594. The highest BCUT2D eigenvalue weighted by Crippen LogP contribution is 2.15. The van der Waals surface area contributed by atoms with Gasteiger partial charge >= 0.3 is 0 Å². The van der Waals surface area contributed by atoms with Gasteiger partial charge in [0.15, 0.2) is 0 Å². The molecule has 2 N–H and O–H groups in total. The molecule has 2 unspecified atom stereocenters. The number of likely N-dealkylation sites (tertiary alicyclic amines) is 1. The Bertz CT molecular complexity index is 209. The number of nitrogens with two attached hydrogens (primary N) is 1. The summed E-state index contributed by atoms with van der Waals surface area (Å²) in [4.78, 5) is 13.5. The largest absolute Gasteiger partial charge is 0.372 e. The minimum atomic E-state index is 0.0748. The number of ether oxygens (including phenoxy) is 1. The Labute approximate surface area is 91.8 Å². The van der Waals surface area contributed by atoms with Crippen molar-refractivity contribution in [1.82, 2.24) is 4.90 Å². The molecule has 0 saturated carbocycles. The summed E-state index contributed by atoms with van der Waals surface area (Å²) in [7, 11) is 0. The molecule has 2 atom stereocenters. The summed E-state index contributed by atoms with van der Waals surface area (Å²) in [5.41, 5.74) is 5.93. The maximum atomic E-state index is 11.7. The number of amides is 1. The van der Waals surface area contributed by atoms with Gasteiger partial charge in [-0.2, -0.15) is 0 Å². The maximum Gasteiger partial charge on any atom is 0.248 e. The van der Waals surface area contributed by atoms with Gasteiger partial charge in [0.25, 0.3) is 0 Å². The van der Waals surface area contributed by atoms with E-state index in [-0.39, 0.29) is 18.6 Å². The minimum absolute atomic E-state index is 0.0748. The summed E-state index contributed by atoms with van der Waals surface area (Å²) in [6, 6.07) is 0.119. The van der Waals surface area contributed by atoms with Gasteiger partial charge in [0.2, 0.25) is 5.91 Å². The van der Waals surface area contributed by atoms with Crippen LogP contribution in [0.1, 0.15) is 26.7 Å². The number of carbonyl (C=O) groups excluding carboxylic acids is 1. The molecule has 0 aliphatic carbocycles. The van der Waals surface area contributed by atoms with Crippen LogP contribution in [-0.2, 0) is 9.53 Å². The zero-order chi connectivity index (χ0) is 11.3. The molecule has 0 bridgehead atoms. The normalized spacial score (nSPS) is 26.7. The summed E-state index contributed by atoms with van der Waals surface area (Å²) in [6.07, 6.45) is 1.95. The zero-order valence-electron chi connectivity index (χ0n) is 9.74. The molecule has 0 radical (unpaired) electrons. The first-order valence-corrected chi connectivity index (χ1v) is 5.76. The predicted molar refractivity (Wildman–Crippen MR) is 59.4 cm³/mol. The van der Waals surface area contributed by atoms with Crippen LogP contribution < -0.4 is 5.73 Å². The molecule has 4 heteroatoms. The molecule has 0 aromatic heterocycles. The molecule has 88 valence electrons. The van der Waals surface area contributed by atoms with Gasteiger partial charge < -0.3 is 15.4 Å². The molecule has 1 aliphatic rings. The Kier molecular flexibility index (Phi) is 5.05. The molecule has 1 fully saturated rings. The van der Waals surface area contributed by atoms with Gasteiger partial charge in [-0.15, -0.1) is 0 Å². The van der Waals surface area contributed by atoms with Crippen LogP contribution in [0.15, 0.2) is 0 Å². The standard InChI is InChI=1S/C11H22N2O2/c1-3-6-15-8-11(14)13-5-4-9(2)10(12)7-13/h9-10H,3-8,12H2,1-2H3. The van der Waals surface area contributed by atoms with E-state index in [0.29, 0.717) is 19.1 Å². The molecule has 4 nitrogen and oxygen atoms in total. The Morgan fingerprint density at radius 2 is 2.33 bits per heavy atom. The fourth-order valence-corrected chi connectivity index (χ4v) is 1.72. The van der Waals surface area contributed by atoms with Crippen molar-refractivity contribution in [2.75, 3.05) is 26.3 Å². The summed E-state index contributed by atoms with van der Waals surface area (Å²) in [5, 5.41) is 0. The maximum absolute atomic E-state index is 11.7. The van der Waals surface area contributed by atoms with Gasteiger partial charge in [-0.3, -0.25) is 4.79 Å². The van der Waals surface area contributed by atoms with Crippen molar-refractivity contribution in [2.24, 2.45) is 11.7 Å². The van der Waals surface area contributed by atoms with Crippen molar-refractivity contribution in [1.29, 1.82) is 0 Å². The minimum Gasteiger partial charge on any atom is -0.372 e. The van der Waals surface area contributed by atoms with Crippen LogP contribution in [-0.4, -0.2) is 43.2 Å². The smallest absolute Gasteiger partial charge is 0.248 e. The van der Waals surface area contributed by atoms with E-state index in [4.69, 9.17) is 10.5 Å². The zero-order valence-corrected chi connectivity index (χ0v) is 9.74. The average molecular weight is 214 g/mol. The lowest BCUT2D eigenvalue weighted by Gasteiger charge is -2.35. The molecule has 0 spiro atoms. The van der Waals surface area contributed by atoms with E-state index in [1.54, 1.807) is 0 Å². The number of rotatable bonds is 4. The van der Waals surface area contributed by atoms with E-state index >= 15 is 0 Å². The lowest BCUT2D eigenvalue weighted by Crippen LogP contribution is -2.50. The second kappa shape index (κ2) is 6.08. The quantitative estimate of drug-likeness (QED) is 0.698. The molecule has 1 amide bonds. The van der Waals surface area contributed by atoms with E-state index in [9.17, 15) is 4.79 Å². The van der Waals surface area contributed by atoms with Crippen LogP contribution in [0, 0.1) is 5.92 Å². The number of carbonyl (C=O) groups is 1. The van der Waals surface area contributed by atoms with Crippen LogP contribution >= 0.6 is 0 Å². The van der Waals surface area contributed by atoms with Gasteiger partial charge in [-0.05, 0) is 18.8 Å². The van der Waals surface area contributed by atoms with E-state index in [0.717, 1.165) is 19.4 Å². The highest BCUT2D eigenvalue weighted by atomic mass is 16.5. The molecule has 1 saturated heterocycles. The van der Waals surface area contributed by atoms with E-state index < -0.39 is 0 Å². The van der Waals surface area contributed by atoms with Crippen LogP contribution in [0.4, 0.5) is 0 Å². The van der Waals surface area contributed by atoms with Crippen LogP contribution in [0.2, 0.25) is 0 Å². The van der Waals surface area contributed by atoms with E-state index in [1.165, 1.54) is 0 Å². The first-order valence-electron chi connectivity index (χ1n) is 5.76. The highest BCUT2D eigenvalue weighted by Gasteiger charge is 2.25. The fraction of sp³-hybridized carbons (Fsp3) is 0.909. The first kappa shape index (κ1) is 12.5. The third kappa shape index (κ3) is 3.80. The van der Waals surface area contributed by atoms with Gasteiger partial charge in [0.05, 0.1) is 0 Å². The summed E-state index contributed by atoms with van der Waals surface area (Å²) in [6.45, 7) is 6.53. The monoisotopic (exact) mass is 214 g/mol. The van der Waals surface area contributed by atoms with Crippen LogP contribution in [0.3, 0.4) is 0 Å². The molecular weight excluding hydrogens is 192 g/mol. The summed E-state index contributed by atoms with van der Waals surface area (Å²) >= 11 is 0. The highest BCUT2D eigenvalue weighted by molar-refractivity contribution is 5.77. The summed E-state index contributed by atoms with van der Waals surface area (Å²) < 4.78 is 5.23. The number of hydrogen-bond donors (Lipinski definition) is 1. The Morgan fingerprint density at radius 1 is 1.60 bits per heavy atom. The number of nitrogens with zero attached hydrogens (tertiary/aromatic N) is 1. The van der Waals surface area contributed by atoms with Crippen molar-refractivity contribution in [3.05, 3.63) is 0 Å². The van der Waals surface area contributed by atoms with Gasteiger partial charge in [0, 0.05) is 25.7 Å². The first-order chi connectivity index (χ1) is 7.15. The van der Waals surface area contributed by atoms with Crippen molar-refractivity contribution in [3.63, 3.8) is 0 Å². The third-order valence-electron chi connectivity index (χ3n) is 2.94. The molecule has 1 aliphatic heterocycles. The van der Waals surface area contributed by atoms with Crippen LogP contribution in [0.25, 0.3) is 0 Å². The van der Waals surface area contributed by atoms with E-state index in [2.05, 4.69) is 6.92 Å². The third-order valence-corrected chi connectivity index (χ3v) is 2.94. The molecular formula is C11H22N2O2. The van der Waals surface area contributed by atoms with Crippen molar-refractivity contribution in [2.45, 2.75) is 32.7 Å². The van der Waals surface area contributed by atoms with Crippen molar-refractivity contribution >= 4 is 5.91 Å². The molecule has 1 rings (SSSR count). The average Bonchev–Trinajstić information content (AvgIpc) is 2.22. The molecule has 1 heterocycles. The van der Waals surface area contributed by atoms with Gasteiger partial charge in [0.1, 0.15) is 6.61 Å². The van der Waals surface area contributed by atoms with Gasteiger partial charge in [-0.1, -0.05) is 13.8 Å². The Balaban J connectivity index is 2.28. The lowest BCUT2D eigenvalue weighted by molar-refractivity contribution is -0.137. The fourth-order valence-electron chi connectivity index (χ4n) is 1.72.